The lowest BCUT2D eigenvalue weighted by Gasteiger charge is -2.04. The first-order valence-corrected chi connectivity index (χ1v) is 6.32. The predicted octanol–water partition coefficient (Wildman–Crippen LogP) is 2.15. The highest BCUT2D eigenvalue weighted by atomic mass is 32.2. The first-order chi connectivity index (χ1) is 6.36. The number of thiazole rings is 1. The van der Waals surface area contributed by atoms with Crippen molar-refractivity contribution in [3.8, 4) is 0 Å². The quantitative estimate of drug-likeness (QED) is 0.770. The summed E-state index contributed by atoms with van der Waals surface area (Å²) < 4.78 is 0. The molecule has 1 unspecified atom stereocenters. The summed E-state index contributed by atoms with van der Waals surface area (Å²) in [5.41, 5.74) is 0. The van der Waals surface area contributed by atoms with E-state index in [0.717, 1.165) is 17.2 Å². The molecule has 0 spiro atoms. The molecule has 0 radical (unpaired) electrons. The SMILES string of the molecule is O=C(Cc1nccs1)C1CCCS1. The van der Waals surface area contributed by atoms with Crippen LogP contribution < -0.4 is 0 Å². The number of carbonyl (C=O) groups excluding carboxylic acids is 1. The Morgan fingerprint density at radius 2 is 2.62 bits per heavy atom. The largest absolute Gasteiger partial charge is 0.298 e. The molecule has 1 saturated heterocycles. The van der Waals surface area contributed by atoms with Crippen molar-refractivity contribution < 1.29 is 4.79 Å². The second kappa shape index (κ2) is 4.24. The minimum Gasteiger partial charge on any atom is -0.298 e. The van der Waals surface area contributed by atoms with Crippen LogP contribution in [0.4, 0.5) is 0 Å². The van der Waals surface area contributed by atoms with Crippen LogP contribution >= 0.6 is 23.1 Å². The van der Waals surface area contributed by atoms with Crippen LogP contribution in [0.3, 0.4) is 0 Å². The first kappa shape index (κ1) is 9.21. The fourth-order valence-electron chi connectivity index (χ4n) is 1.43. The van der Waals surface area contributed by atoms with Crippen molar-refractivity contribution in [1.29, 1.82) is 0 Å². The Kier molecular flexibility index (Phi) is 3.01. The van der Waals surface area contributed by atoms with Crippen LogP contribution in [0.5, 0.6) is 0 Å². The number of nitrogens with zero attached hydrogens (tertiary/aromatic N) is 1. The van der Waals surface area contributed by atoms with Gasteiger partial charge in [-0.25, -0.2) is 4.98 Å². The maximum Gasteiger partial charge on any atom is 0.152 e. The zero-order valence-electron chi connectivity index (χ0n) is 7.23. The van der Waals surface area contributed by atoms with Crippen molar-refractivity contribution in [2.45, 2.75) is 24.5 Å². The number of ketones is 1. The first-order valence-electron chi connectivity index (χ1n) is 4.39. The van der Waals surface area contributed by atoms with Crippen LogP contribution in [-0.2, 0) is 11.2 Å². The van der Waals surface area contributed by atoms with Gasteiger partial charge in [0.25, 0.3) is 0 Å². The third-order valence-corrected chi connectivity index (χ3v) is 4.30. The van der Waals surface area contributed by atoms with Gasteiger partial charge in [0.15, 0.2) is 5.78 Å². The van der Waals surface area contributed by atoms with Crippen LogP contribution in [0.15, 0.2) is 11.6 Å². The zero-order chi connectivity index (χ0) is 9.10. The molecule has 0 amide bonds. The normalized spacial score (nSPS) is 22.0. The van der Waals surface area contributed by atoms with Crippen molar-refractivity contribution in [2.75, 3.05) is 5.75 Å². The Morgan fingerprint density at radius 1 is 1.69 bits per heavy atom. The lowest BCUT2D eigenvalue weighted by molar-refractivity contribution is -0.117. The van der Waals surface area contributed by atoms with Crippen molar-refractivity contribution in [2.24, 2.45) is 0 Å². The van der Waals surface area contributed by atoms with Gasteiger partial charge in [-0.05, 0) is 18.6 Å². The van der Waals surface area contributed by atoms with E-state index >= 15 is 0 Å². The number of rotatable bonds is 3. The van der Waals surface area contributed by atoms with Gasteiger partial charge in [-0.15, -0.1) is 11.3 Å². The molecule has 13 heavy (non-hydrogen) atoms. The summed E-state index contributed by atoms with van der Waals surface area (Å²) >= 11 is 3.37. The topological polar surface area (TPSA) is 30.0 Å². The molecule has 0 bridgehead atoms. The second-order valence-corrected chi connectivity index (χ2v) is 5.36. The van der Waals surface area contributed by atoms with E-state index in [1.54, 1.807) is 29.3 Å². The summed E-state index contributed by atoms with van der Waals surface area (Å²) in [6.07, 6.45) is 4.55. The molecule has 0 aromatic carbocycles. The molecule has 2 rings (SSSR count). The van der Waals surface area contributed by atoms with Gasteiger partial charge in [-0.2, -0.15) is 11.8 Å². The highest BCUT2D eigenvalue weighted by molar-refractivity contribution is 8.00. The van der Waals surface area contributed by atoms with Crippen molar-refractivity contribution in [3.63, 3.8) is 0 Å². The van der Waals surface area contributed by atoms with Crippen LogP contribution in [0.2, 0.25) is 0 Å². The number of thioether (sulfide) groups is 1. The summed E-state index contributed by atoms with van der Waals surface area (Å²) in [4.78, 5) is 15.8. The van der Waals surface area contributed by atoms with Crippen LogP contribution in [0.25, 0.3) is 0 Å². The molecule has 0 aliphatic carbocycles. The summed E-state index contributed by atoms with van der Waals surface area (Å²) in [5, 5.41) is 3.13. The van der Waals surface area contributed by atoms with E-state index in [1.807, 2.05) is 5.38 Å². The van der Waals surface area contributed by atoms with E-state index in [0.29, 0.717) is 12.2 Å². The van der Waals surface area contributed by atoms with Gasteiger partial charge >= 0.3 is 0 Å². The maximum absolute atomic E-state index is 11.7. The van der Waals surface area contributed by atoms with Gasteiger partial charge < -0.3 is 0 Å². The molecule has 0 saturated carbocycles. The Morgan fingerprint density at radius 3 is 3.23 bits per heavy atom. The van der Waals surface area contributed by atoms with Crippen molar-refractivity contribution in [1.82, 2.24) is 4.98 Å². The van der Waals surface area contributed by atoms with Crippen LogP contribution in [0.1, 0.15) is 17.8 Å². The lowest BCUT2D eigenvalue weighted by Crippen LogP contribution is -2.16. The third-order valence-electron chi connectivity index (χ3n) is 2.10. The average Bonchev–Trinajstić information content (AvgIpc) is 2.74. The smallest absolute Gasteiger partial charge is 0.152 e. The molecular weight excluding hydrogens is 202 g/mol. The van der Waals surface area contributed by atoms with E-state index in [1.165, 1.54) is 6.42 Å². The number of aromatic nitrogens is 1. The Hall–Kier alpha value is -0.350. The Labute approximate surface area is 85.8 Å². The van der Waals surface area contributed by atoms with Gasteiger partial charge in [0.1, 0.15) is 0 Å². The zero-order valence-corrected chi connectivity index (χ0v) is 8.87. The summed E-state index contributed by atoms with van der Waals surface area (Å²) in [7, 11) is 0. The summed E-state index contributed by atoms with van der Waals surface area (Å²) in [5.74, 6) is 1.51. The number of hydrogen-bond acceptors (Lipinski definition) is 4. The summed E-state index contributed by atoms with van der Waals surface area (Å²) in [6, 6.07) is 0. The van der Waals surface area contributed by atoms with Crippen LogP contribution in [0, 0.1) is 0 Å². The lowest BCUT2D eigenvalue weighted by atomic mass is 10.1. The van der Waals surface area contributed by atoms with Gasteiger partial charge in [-0.3, -0.25) is 4.79 Å². The number of hydrogen-bond donors (Lipinski definition) is 0. The molecule has 4 heteroatoms. The van der Waals surface area contributed by atoms with Gasteiger partial charge in [-0.1, -0.05) is 0 Å². The molecule has 2 heterocycles. The minimum atomic E-state index is 0.254. The van der Waals surface area contributed by atoms with Gasteiger partial charge in [0.2, 0.25) is 0 Å². The van der Waals surface area contributed by atoms with Gasteiger partial charge in [0, 0.05) is 11.6 Å². The van der Waals surface area contributed by atoms with Crippen molar-refractivity contribution >= 4 is 28.9 Å². The van der Waals surface area contributed by atoms with E-state index in [4.69, 9.17) is 0 Å². The Balaban J connectivity index is 1.91. The van der Waals surface area contributed by atoms with E-state index in [9.17, 15) is 4.79 Å². The van der Waals surface area contributed by atoms with E-state index in [2.05, 4.69) is 4.98 Å². The highest BCUT2D eigenvalue weighted by Gasteiger charge is 2.23. The predicted molar refractivity (Wildman–Crippen MR) is 56.3 cm³/mol. The molecule has 1 aromatic heterocycles. The molecule has 2 nitrogen and oxygen atoms in total. The third kappa shape index (κ3) is 2.31. The fourth-order valence-corrected chi connectivity index (χ4v) is 3.28. The second-order valence-electron chi connectivity index (χ2n) is 3.07. The number of carbonyl (C=O) groups is 1. The Bertz CT molecular complexity index is 278. The maximum atomic E-state index is 11.7. The van der Waals surface area contributed by atoms with E-state index in [-0.39, 0.29) is 5.25 Å². The molecule has 70 valence electrons. The highest BCUT2D eigenvalue weighted by Crippen LogP contribution is 2.27. The molecule has 1 atom stereocenters. The van der Waals surface area contributed by atoms with Crippen molar-refractivity contribution in [3.05, 3.63) is 16.6 Å². The van der Waals surface area contributed by atoms with Crippen LogP contribution in [-0.4, -0.2) is 21.8 Å². The minimum absolute atomic E-state index is 0.254. The standard InChI is InChI=1S/C9H11NOS2/c11-7(8-2-1-4-12-8)6-9-10-3-5-13-9/h3,5,8H,1-2,4,6H2. The number of Topliss-reactive ketones (excluding diaryl/α,β-unsaturated/α-hetero) is 1. The fraction of sp³-hybridized carbons (Fsp3) is 0.556. The average molecular weight is 213 g/mol. The molecule has 0 N–H and O–H groups in total. The monoisotopic (exact) mass is 213 g/mol. The molecule has 1 aliphatic rings. The molecule has 1 fully saturated rings. The molecule has 1 aromatic rings. The molecule has 1 aliphatic heterocycles. The molecular formula is C9H11NOS2. The van der Waals surface area contributed by atoms with E-state index < -0.39 is 0 Å². The van der Waals surface area contributed by atoms with Gasteiger partial charge in [0.05, 0.1) is 16.7 Å². The summed E-state index contributed by atoms with van der Waals surface area (Å²) in [6.45, 7) is 0.